The largest absolute Gasteiger partial charge is 0.439 e. The fourth-order valence-electron chi connectivity index (χ4n) is 1.59. The van der Waals surface area contributed by atoms with Gasteiger partial charge >= 0.3 is 0 Å². The van der Waals surface area contributed by atoms with E-state index < -0.39 is 0 Å². The molecule has 0 spiro atoms. The zero-order chi connectivity index (χ0) is 13.8. The monoisotopic (exact) mass is 296 g/mol. The standard InChI is InChI=1S/C14H14Cl2N2O/c1-3-5-12-17-13(16)9(2)14(18-12)19-11-7-4-6-10(15)8-11/h4,6-8H,3,5H2,1-2H3. The average Bonchev–Trinajstić information content (AvgIpc) is 2.36. The summed E-state index contributed by atoms with van der Waals surface area (Å²) in [5, 5.41) is 1.04. The normalized spacial score (nSPS) is 10.5. The summed E-state index contributed by atoms with van der Waals surface area (Å²) in [7, 11) is 0. The Morgan fingerprint density at radius 1 is 1.21 bits per heavy atom. The first-order valence-corrected chi connectivity index (χ1v) is 6.82. The van der Waals surface area contributed by atoms with Crippen LogP contribution >= 0.6 is 23.2 Å². The van der Waals surface area contributed by atoms with Gasteiger partial charge in [0.2, 0.25) is 5.88 Å². The summed E-state index contributed by atoms with van der Waals surface area (Å²) >= 11 is 12.0. The SMILES string of the molecule is CCCc1nc(Cl)c(C)c(Oc2cccc(Cl)c2)n1. The molecule has 5 heteroatoms. The van der Waals surface area contributed by atoms with Gasteiger partial charge in [-0.05, 0) is 31.5 Å². The third kappa shape index (κ3) is 3.58. The van der Waals surface area contributed by atoms with E-state index in [1.54, 1.807) is 12.1 Å². The van der Waals surface area contributed by atoms with E-state index in [1.165, 1.54) is 0 Å². The van der Waals surface area contributed by atoms with E-state index in [0.29, 0.717) is 27.6 Å². The van der Waals surface area contributed by atoms with E-state index in [1.807, 2.05) is 19.1 Å². The second-order valence-electron chi connectivity index (χ2n) is 4.17. The van der Waals surface area contributed by atoms with Gasteiger partial charge in [-0.25, -0.2) is 4.98 Å². The number of aromatic nitrogens is 2. The van der Waals surface area contributed by atoms with Crippen molar-refractivity contribution < 1.29 is 4.74 Å². The van der Waals surface area contributed by atoms with Gasteiger partial charge in [0.25, 0.3) is 0 Å². The summed E-state index contributed by atoms with van der Waals surface area (Å²) in [6, 6.07) is 7.16. The Labute approximate surface area is 122 Å². The lowest BCUT2D eigenvalue weighted by molar-refractivity contribution is 0.454. The van der Waals surface area contributed by atoms with E-state index in [9.17, 15) is 0 Å². The summed E-state index contributed by atoms with van der Waals surface area (Å²) in [4.78, 5) is 8.62. The second kappa shape index (κ2) is 6.22. The van der Waals surface area contributed by atoms with Crippen molar-refractivity contribution in [2.45, 2.75) is 26.7 Å². The van der Waals surface area contributed by atoms with Crippen LogP contribution in [0.25, 0.3) is 0 Å². The molecule has 0 amide bonds. The molecule has 0 atom stereocenters. The van der Waals surface area contributed by atoms with Gasteiger partial charge in [-0.2, -0.15) is 4.98 Å². The molecule has 0 fully saturated rings. The number of nitrogens with zero attached hydrogens (tertiary/aromatic N) is 2. The highest BCUT2D eigenvalue weighted by Crippen LogP contribution is 2.28. The fourth-order valence-corrected chi connectivity index (χ4v) is 1.95. The van der Waals surface area contributed by atoms with Gasteiger partial charge in [-0.1, -0.05) is 36.2 Å². The summed E-state index contributed by atoms with van der Waals surface area (Å²) in [6.07, 6.45) is 1.72. The number of rotatable bonds is 4. The highest BCUT2D eigenvalue weighted by atomic mass is 35.5. The molecular formula is C14H14Cl2N2O. The van der Waals surface area contributed by atoms with Gasteiger partial charge in [-0.15, -0.1) is 0 Å². The Kier molecular flexibility index (Phi) is 4.61. The third-order valence-corrected chi connectivity index (χ3v) is 3.18. The van der Waals surface area contributed by atoms with E-state index in [2.05, 4.69) is 16.9 Å². The van der Waals surface area contributed by atoms with Crippen LogP contribution in [0, 0.1) is 6.92 Å². The number of halogens is 2. The van der Waals surface area contributed by atoms with E-state index in [4.69, 9.17) is 27.9 Å². The third-order valence-electron chi connectivity index (χ3n) is 2.57. The van der Waals surface area contributed by atoms with Crippen molar-refractivity contribution in [1.82, 2.24) is 9.97 Å². The first-order chi connectivity index (χ1) is 9.10. The summed E-state index contributed by atoms with van der Waals surface area (Å²) in [5.41, 5.74) is 0.724. The number of hydrogen-bond acceptors (Lipinski definition) is 3. The van der Waals surface area contributed by atoms with Crippen LogP contribution in [0.5, 0.6) is 11.6 Å². The van der Waals surface area contributed by atoms with Crippen molar-refractivity contribution >= 4 is 23.2 Å². The minimum Gasteiger partial charge on any atom is -0.439 e. The molecule has 3 nitrogen and oxygen atoms in total. The van der Waals surface area contributed by atoms with E-state index in [-0.39, 0.29) is 0 Å². The lowest BCUT2D eigenvalue weighted by Crippen LogP contribution is -2.01. The molecule has 0 bridgehead atoms. The number of aryl methyl sites for hydroxylation is 1. The maximum absolute atomic E-state index is 6.10. The molecule has 2 rings (SSSR count). The van der Waals surface area contributed by atoms with Gasteiger partial charge in [0, 0.05) is 17.0 Å². The average molecular weight is 297 g/mol. The molecule has 0 aliphatic rings. The smallest absolute Gasteiger partial charge is 0.226 e. The topological polar surface area (TPSA) is 35.0 Å². The van der Waals surface area contributed by atoms with Gasteiger partial charge in [0.05, 0.1) is 0 Å². The number of ether oxygens (including phenoxy) is 1. The minimum absolute atomic E-state index is 0.426. The van der Waals surface area contributed by atoms with E-state index >= 15 is 0 Å². The van der Waals surface area contributed by atoms with Crippen molar-refractivity contribution in [3.8, 4) is 11.6 Å². The Hall–Kier alpha value is -1.32. The Balaban J connectivity index is 2.33. The molecular weight excluding hydrogens is 283 g/mol. The lowest BCUT2D eigenvalue weighted by Gasteiger charge is -2.10. The molecule has 0 radical (unpaired) electrons. The predicted octanol–water partition coefficient (Wildman–Crippen LogP) is 4.84. The molecule has 1 aromatic carbocycles. The maximum atomic E-state index is 6.10. The minimum atomic E-state index is 0.426. The highest BCUT2D eigenvalue weighted by Gasteiger charge is 2.11. The predicted molar refractivity (Wildman–Crippen MR) is 77.3 cm³/mol. The van der Waals surface area contributed by atoms with Crippen molar-refractivity contribution in [3.05, 3.63) is 45.8 Å². The van der Waals surface area contributed by atoms with Crippen LogP contribution < -0.4 is 4.74 Å². The molecule has 0 N–H and O–H groups in total. The quantitative estimate of drug-likeness (QED) is 0.758. The van der Waals surface area contributed by atoms with Crippen LogP contribution in [0.15, 0.2) is 24.3 Å². The molecule has 0 saturated carbocycles. The Bertz CT molecular complexity index is 588. The van der Waals surface area contributed by atoms with Gasteiger partial charge in [0.1, 0.15) is 16.7 Å². The molecule has 1 aromatic heterocycles. The summed E-state index contributed by atoms with van der Waals surface area (Å²) in [5.74, 6) is 1.80. The second-order valence-corrected chi connectivity index (χ2v) is 4.96. The summed E-state index contributed by atoms with van der Waals surface area (Å²) in [6.45, 7) is 3.90. The Morgan fingerprint density at radius 2 is 2.00 bits per heavy atom. The highest BCUT2D eigenvalue weighted by molar-refractivity contribution is 6.30. The first-order valence-electron chi connectivity index (χ1n) is 6.06. The number of hydrogen-bond donors (Lipinski definition) is 0. The van der Waals surface area contributed by atoms with Crippen LogP contribution in [0.1, 0.15) is 24.7 Å². The molecule has 100 valence electrons. The zero-order valence-corrected chi connectivity index (χ0v) is 12.3. The molecule has 1 heterocycles. The van der Waals surface area contributed by atoms with E-state index in [0.717, 1.165) is 18.4 Å². The van der Waals surface area contributed by atoms with Crippen LogP contribution in [0.2, 0.25) is 10.2 Å². The van der Waals surface area contributed by atoms with Crippen LogP contribution in [0.4, 0.5) is 0 Å². The van der Waals surface area contributed by atoms with Crippen molar-refractivity contribution in [3.63, 3.8) is 0 Å². The van der Waals surface area contributed by atoms with Gasteiger partial charge in [0.15, 0.2) is 0 Å². The zero-order valence-electron chi connectivity index (χ0n) is 10.8. The molecule has 0 saturated heterocycles. The number of benzene rings is 1. The van der Waals surface area contributed by atoms with Crippen molar-refractivity contribution in [1.29, 1.82) is 0 Å². The van der Waals surface area contributed by atoms with Crippen LogP contribution in [0.3, 0.4) is 0 Å². The van der Waals surface area contributed by atoms with Gasteiger partial charge < -0.3 is 4.74 Å². The molecule has 0 aliphatic heterocycles. The molecule has 0 aliphatic carbocycles. The molecule has 19 heavy (non-hydrogen) atoms. The molecule has 2 aromatic rings. The van der Waals surface area contributed by atoms with Crippen molar-refractivity contribution in [2.24, 2.45) is 0 Å². The lowest BCUT2D eigenvalue weighted by atomic mass is 10.3. The Morgan fingerprint density at radius 3 is 2.68 bits per heavy atom. The molecule has 0 unspecified atom stereocenters. The fraction of sp³-hybridized carbons (Fsp3) is 0.286. The summed E-state index contributed by atoms with van der Waals surface area (Å²) < 4.78 is 5.74. The first kappa shape index (κ1) is 14.1. The van der Waals surface area contributed by atoms with Crippen LogP contribution in [-0.4, -0.2) is 9.97 Å². The maximum Gasteiger partial charge on any atom is 0.226 e. The van der Waals surface area contributed by atoms with Gasteiger partial charge in [-0.3, -0.25) is 0 Å². The van der Waals surface area contributed by atoms with Crippen molar-refractivity contribution in [2.75, 3.05) is 0 Å². The van der Waals surface area contributed by atoms with Crippen LogP contribution in [-0.2, 0) is 6.42 Å².